The van der Waals surface area contributed by atoms with Crippen LogP contribution in [-0.4, -0.2) is 16.5 Å². The quantitative estimate of drug-likeness (QED) is 0.580. The molecule has 1 aromatic heterocycles. The highest BCUT2D eigenvalue weighted by atomic mass is 16.6. The molecule has 0 atom stereocenters. The lowest BCUT2D eigenvalue weighted by atomic mass is 9.89. The molecule has 0 saturated heterocycles. The van der Waals surface area contributed by atoms with Crippen LogP contribution >= 0.6 is 0 Å². The summed E-state index contributed by atoms with van der Waals surface area (Å²) < 4.78 is 0. The van der Waals surface area contributed by atoms with Gasteiger partial charge < -0.3 is 5.73 Å². The van der Waals surface area contributed by atoms with Crippen LogP contribution in [0.5, 0.6) is 0 Å². The second-order valence-corrected chi connectivity index (χ2v) is 3.75. The first-order chi connectivity index (χ1) is 6.47. The number of hydrogen-bond acceptors (Lipinski definition) is 4. The minimum Gasteiger partial charge on any atom is -0.330 e. The van der Waals surface area contributed by atoms with Crippen LogP contribution in [0.2, 0.25) is 0 Å². The van der Waals surface area contributed by atoms with E-state index in [0.29, 0.717) is 6.54 Å². The maximum Gasteiger partial charge on any atom is 0.287 e. The second-order valence-electron chi connectivity index (χ2n) is 3.75. The summed E-state index contributed by atoms with van der Waals surface area (Å²) in [6.45, 7) is 4.35. The summed E-state index contributed by atoms with van der Waals surface area (Å²) in [5.41, 5.74) is 6.09. The Bertz CT molecular complexity index is 332. The average molecular weight is 195 g/mol. The van der Waals surface area contributed by atoms with Gasteiger partial charge in [-0.05, 0) is 6.07 Å². The largest absolute Gasteiger partial charge is 0.330 e. The lowest BCUT2D eigenvalue weighted by molar-refractivity contribution is -0.385. The molecule has 1 rings (SSSR count). The van der Waals surface area contributed by atoms with Gasteiger partial charge in [-0.3, -0.25) is 15.1 Å². The van der Waals surface area contributed by atoms with E-state index in [1.165, 1.54) is 12.3 Å². The number of nitro groups is 1. The van der Waals surface area contributed by atoms with E-state index in [0.717, 1.165) is 5.69 Å². The highest BCUT2D eigenvalue weighted by Gasteiger charge is 2.20. The third-order valence-electron chi connectivity index (χ3n) is 2.16. The highest BCUT2D eigenvalue weighted by Crippen LogP contribution is 2.20. The zero-order valence-corrected chi connectivity index (χ0v) is 8.23. The van der Waals surface area contributed by atoms with Gasteiger partial charge in [0.2, 0.25) is 0 Å². The molecule has 14 heavy (non-hydrogen) atoms. The van der Waals surface area contributed by atoms with Crippen molar-refractivity contribution in [3.8, 4) is 0 Å². The number of pyridine rings is 1. The monoisotopic (exact) mass is 195 g/mol. The molecule has 0 spiro atoms. The molecule has 0 radical (unpaired) electrons. The van der Waals surface area contributed by atoms with Gasteiger partial charge in [0, 0.05) is 23.7 Å². The molecule has 2 N–H and O–H groups in total. The zero-order valence-electron chi connectivity index (χ0n) is 8.23. The number of rotatable bonds is 3. The molecule has 0 aliphatic carbocycles. The summed E-state index contributed by atoms with van der Waals surface area (Å²) in [7, 11) is 0. The third-order valence-corrected chi connectivity index (χ3v) is 2.16. The van der Waals surface area contributed by atoms with Gasteiger partial charge in [-0.2, -0.15) is 0 Å². The molecule has 76 valence electrons. The van der Waals surface area contributed by atoms with E-state index in [2.05, 4.69) is 4.98 Å². The van der Waals surface area contributed by atoms with Gasteiger partial charge in [0.25, 0.3) is 5.69 Å². The first-order valence-electron chi connectivity index (χ1n) is 4.28. The van der Waals surface area contributed by atoms with Gasteiger partial charge in [-0.25, -0.2) is 0 Å². The van der Waals surface area contributed by atoms with Gasteiger partial charge in [0.1, 0.15) is 6.20 Å². The zero-order chi connectivity index (χ0) is 10.8. The van der Waals surface area contributed by atoms with E-state index in [4.69, 9.17) is 5.73 Å². The minimum absolute atomic E-state index is 0.00146. The van der Waals surface area contributed by atoms with E-state index >= 15 is 0 Å². The smallest absolute Gasteiger partial charge is 0.287 e. The molecule has 5 heteroatoms. The van der Waals surface area contributed by atoms with Crippen molar-refractivity contribution in [2.75, 3.05) is 6.54 Å². The molecule has 1 aromatic rings. The number of nitrogens with zero attached hydrogens (tertiary/aromatic N) is 2. The van der Waals surface area contributed by atoms with Gasteiger partial charge in [-0.1, -0.05) is 13.8 Å². The first kappa shape index (κ1) is 10.6. The van der Waals surface area contributed by atoms with Crippen LogP contribution in [0.1, 0.15) is 19.5 Å². The molecule has 0 aliphatic rings. The fraction of sp³-hybridized carbons (Fsp3) is 0.444. The van der Waals surface area contributed by atoms with Crippen molar-refractivity contribution in [2.45, 2.75) is 19.3 Å². The van der Waals surface area contributed by atoms with Crippen LogP contribution in [0, 0.1) is 10.1 Å². The molecule has 1 heterocycles. The van der Waals surface area contributed by atoms with Gasteiger partial charge >= 0.3 is 0 Å². The summed E-state index contributed by atoms with van der Waals surface area (Å²) in [5.74, 6) is 0. The van der Waals surface area contributed by atoms with E-state index < -0.39 is 4.92 Å². The molecule has 0 bridgehead atoms. The van der Waals surface area contributed by atoms with Crippen molar-refractivity contribution >= 4 is 5.69 Å². The van der Waals surface area contributed by atoms with Crippen molar-refractivity contribution in [1.29, 1.82) is 0 Å². The van der Waals surface area contributed by atoms with Crippen LogP contribution in [-0.2, 0) is 5.41 Å². The molecule has 0 unspecified atom stereocenters. The van der Waals surface area contributed by atoms with E-state index in [-0.39, 0.29) is 11.1 Å². The van der Waals surface area contributed by atoms with Crippen LogP contribution in [0.3, 0.4) is 0 Å². The van der Waals surface area contributed by atoms with Crippen molar-refractivity contribution in [3.05, 3.63) is 34.1 Å². The van der Waals surface area contributed by atoms with Crippen LogP contribution < -0.4 is 5.73 Å². The van der Waals surface area contributed by atoms with Crippen molar-refractivity contribution in [1.82, 2.24) is 4.98 Å². The Morgan fingerprint density at radius 1 is 1.57 bits per heavy atom. The predicted octanol–water partition coefficient (Wildman–Crippen LogP) is 1.23. The summed E-state index contributed by atoms with van der Waals surface area (Å²) in [4.78, 5) is 13.9. The maximum absolute atomic E-state index is 10.4. The molecular weight excluding hydrogens is 182 g/mol. The molecule has 0 aliphatic heterocycles. The lowest BCUT2D eigenvalue weighted by Crippen LogP contribution is -2.29. The molecule has 5 nitrogen and oxygen atoms in total. The first-order valence-corrected chi connectivity index (χ1v) is 4.28. The molecule has 0 aromatic carbocycles. The minimum atomic E-state index is -0.466. The highest BCUT2D eigenvalue weighted by molar-refractivity contribution is 5.29. The van der Waals surface area contributed by atoms with Crippen molar-refractivity contribution in [2.24, 2.45) is 5.73 Å². The second kappa shape index (κ2) is 3.71. The number of nitrogens with two attached hydrogens (primary N) is 1. The van der Waals surface area contributed by atoms with Gasteiger partial charge in [-0.15, -0.1) is 0 Å². The normalized spacial score (nSPS) is 11.4. The van der Waals surface area contributed by atoms with Crippen LogP contribution in [0.4, 0.5) is 5.69 Å². The summed E-state index contributed by atoms with van der Waals surface area (Å²) in [6.07, 6.45) is 1.26. The summed E-state index contributed by atoms with van der Waals surface area (Å²) >= 11 is 0. The summed E-state index contributed by atoms with van der Waals surface area (Å²) in [5, 5.41) is 10.4. The average Bonchev–Trinajstić information content (AvgIpc) is 2.18. The molecular formula is C9H13N3O2. The molecule has 0 saturated carbocycles. The Morgan fingerprint density at radius 2 is 2.21 bits per heavy atom. The SMILES string of the molecule is CC(C)(CN)c1ccc([N+](=O)[O-])cn1. The van der Waals surface area contributed by atoms with E-state index in [1.54, 1.807) is 6.07 Å². The van der Waals surface area contributed by atoms with E-state index in [1.807, 2.05) is 13.8 Å². The number of aromatic nitrogens is 1. The topological polar surface area (TPSA) is 82.0 Å². The van der Waals surface area contributed by atoms with Gasteiger partial charge in [0.05, 0.1) is 4.92 Å². The fourth-order valence-electron chi connectivity index (χ4n) is 0.999. The fourth-order valence-corrected chi connectivity index (χ4v) is 0.999. The Balaban J connectivity index is 2.99. The Morgan fingerprint density at radius 3 is 2.57 bits per heavy atom. The standard InChI is InChI=1S/C9H13N3O2/c1-9(2,6-10)8-4-3-7(5-11-8)12(13)14/h3-5H,6,10H2,1-2H3. The number of hydrogen-bond donors (Lipinski definition) is 1. The Hall–Kier alpha value is -1.49. The molecule has 0 amide bonds. The lowest BCUT2D eigenvalue weighted by Gasteiger charge is -2.20. The van der Waals surface area contributed by atoms with Crippen LogP contribution in [0.15, 0.2) is 18.3 Å². The van der Waals surface area contributed by atoms with Crippen molar-refractivity contribution in [3.63, 3.8) is 0 Å². The summed E-state index contributed by atoms with van der Waals surface area (Å²) in [6, 6.07) is 3.09. The maximum atomic E-state index is 10.4. The van der Waals surface area contributed by atoms with Crippen LogP contribution in [0.25, 0.3) is 0 Å². The van der Waals surface area contributed by atoms with E-state index in [9.17, 15) is 10.1 Å². The Kier molecular flexibility index (Phi) is 2.81. The van der Waals surface area contributed by atoms with Crippen molar-refractivity contribution < 1.29 is 4.92 Å². The third kappa shape index (κ3) is 2.05. The Labute approximate surface area is 82.1 Å². The molecule has 0 fully saturated rings. The van der Waals surface area contributed by atoms with Gasteiger partial charge in [0.15, 0.2) is 0 Å². The predicted molar refractivity (Wildman–Crippen MR) is 53.0 cm³/mol.